The molecule has 0 unspecified atom stereocenters. The van der Waals surface area contributed by atoms with Gasteiger partial charge in [0.25, 0.3) is 0 Å². The summed E-state index contributed by atoms with van der Waals surface area (Å²) >= 11 is 0. The molecular formula is C16H21N3. The number of pyridine rings is 2. The van der Waals surface area contributed by atoms with Gasteiger partial charge in [0.1, 0.15) is 0 Å². The molecule has 0 spiro atoms. The lowest BCUT2D eigenvalue weighted by molar-refractivity contribution is 0.269. The lowest BCUT2D eigenvalue weighted by Gasteiger charge is -2.21. The van der Waals surface area contributed by atoms with Gasteiger partial charge in [-0.05, 0) is 48.7 Å². The first-order chi connectivity index (χ1) is 9.38. The Balaban J connectivity index is 1.89. The SMILES string of the molecule is CCCN(CCc1cccnc1)Cc1ccncc1. The van der Waals surface area contributed by atoms with Crippen molar-refractivity contribution in [2.75, 3.05) is 13.1 Å². The molecule has 0 aliphatic heterocycles. The third-order valence-corrected chi connectivity index (χ3v) is 3.13. The van der Waals surface area contributed by atoms with Crippen molar-refractivity contribution in [2.24, 2.45) is 0 Å². The van der Waals surface area contributed by atoms with E-state index >= 15 is 0 Å². The van der Waals surface area contributed by atoms with Gasteiger partial charge in [-0.3, -0.25) is 14.9 Å². The van der Waals surface area contributed by atoms with E-state index in [4.69, 9.17) is 0 Å². The molecule has 3 heteroatoms. The predicted octanol–water partition coefficient (Wildman–Crippen LogP) is 2.93. The van der Waals surface area contributed by atoms with Crippen LogP contribution in [0.25, 0.3) is 0 Å². The van der Waals surface area contributed by atoms with E-state index in [-0.39, 0.29) is 0 Å². The molecule has 0 N–H and O–H groups in total. The number of nitrogens with zero attached hydrogens (tertiary/aromatic N) is 3. The van der Waals surface area contributed by atoms with Gasteiger partial charge in [-0.25, -0.2) is 0 Å². The van der Waals surface area contributed by atoms with E-state index in [2.05, 4.69) is 40.0 Å². The minimum atomic E-state index is 0.997. The summed E-state index contributed by atoms with van der Waals surface area (Å²) in [6.07, 6.45) is 9.74. The summed E-state index contributed by atoms with van der Waals surface area (Å²) in [5.74, 6) is 0. The van der Waals surface area contributed by atoms with Gasteiger partial charge >= 0.3 is 0 Å². The minimum Gasteiger partial charge on any atom is -0.299 e. The first kappa shape index (κ1) is 13.7. The molecule has 0 aliphatic carbocycles. The van der Waals surface area contributed by atoms with Gasteiger partial charge in [0.2, 0.25) is 0 Å². The van der Waals surface area contributed by atoms with E-state index in [0.717, 1.165) is 26.1 Å². The van der Waals surface area contributed by atoms with Crippen molar-refractivity contribution in [2.45, 2.75) is 26.3 Å². The summed E-state index contributed by atoms with van der Waals surface area (Å²) in [6, 6.07) is 8.32. The Kier molecular flexibility index (Phi) is 5.50. The van der Waals surface area contributed by atoms with Crippen molar-refractivity contribution in [3.63, 3.8) is 0 Å². The summed E-state index contributed by atoms with van der Waals surface area (Å²) in [7, 11) is 0. The fraction of sp³-hybridized carbons (Fsp3) is 0.375. The molecule has 0 bridgehead atoms. The van der Waals surface area contributed by atoms with Crippen molar-refractivity contribution in [1.29, 1.82) is 0 Å². The lowest BCUT2D eigenvalue weighted by atomic mass is 10.2. The standard InChI is InChI=1S/C16H21N3/c1-2-11-19(14-16-5-9-17-10-6-16)12-7-15-4-3-8-18-13-15/h3-6,8-10,13H,2,7,11-12,14H2,1H3. The maximum Gasteiger partial charge on any atom is 0.0300 e. The second-order valence-electron chi connectivity index (χ2n) is 4.74. The zero-order valence-corrected chi connectivity index (χ0v) is 11.5. The van der Waals surface area contributed by atoms with Crippen LogP contribution in [0, 0.1) is 0 Å². The van der Waals surface area contributed by atoms with Crippen LogP contribution in [0.5, 0.6) is 0 Å². The quantitative estimate of drug-likeness (QED) is 0.761. The first-order valence-electron chi connectivity index (χ1n) is 6.88. The van der Waals surface area contributed by atoms with Crippen LogP contribution in [-0.4, -0.2) is 28.0 Å². The Bertz CT molecular complexity index is 456. The van der Waals surface area contributed by atoms with Crippen LogP contribution in [0.2, 0.25) is 0 Å². The van der Waals surface area contributed by atoms with E-state index in [9.17, 15) is 0 Å². The average molecular weight is 255 g/mol. The topological polar surface area (TPSA) is 29.0 Å². The maximum atomic E-state index is 4.17. The fourth-order valence-corrected chi connectivity index (χ4v) is 2.17. The molecule has 2 heterocycles. The summed E-state index contributed by atoms with van der Waals surface area (Å²) < 4.78 is 0. The maximum absolute atomic E-state index is 4.17. The molecule has 0 aromatic carbocycles. The van der Waals surface area contributed by atoms with Crippen LogP contribution >= 0.6 is 0 Å². The van der Waals surface area contributed by atoms with Crippen LogP contribution in [0.15, 0.2) is 49.1 Å². The van der Waals surface area contributed by atoms with Gasteiger partial charge in [0.05, 0.1) is 0 Å². The normalized spacial score (nSPS) is 10.8. The van der Waals surface area contributed by atoms with Crippen molar-refractivity contribution in [3.8, 4) is 0 Å². The molecule has 0 saturated heterocycles. The van der Waals surface area contributed by atoms with Crippen LogP contribution in [0.4, 0.5) is 0 Å². The van der Waals surface area contributed by atoms with Crippen molar-refractivity contribution < 1.29 is 0 Å². The van der Waals surface area contributed by atoms with E-state index in [0.29, 0.717) is 0 Å². The molecule has 0 fully saturated rings. The van der Waals surface area contributed by atoms with Crippen LogP contribution in [0.1, 0.15) is 24.5 Å². The van der Waals surface area contributed by atoms with Gasteiger partial charge in [0.15, 0.2) is 0 Å². The van der Waals surface area contributed by atoms with Crippen LogP contribution in [-0.2, 0) is 13.0 Å². The van der Waals surface area contributed by atoms with Gasteiger partial charge in [-0.2, -0.15) is 0 Å². The van der Waals surface area contributed by atoms with E-state index in [1.54, 1.807) is 0 Å². The molecular weight excluding hydrogens is 234 g/mol. The molecule has 2 aromatic rings. The van der Waals surface area contributed by atoms with Crippen molar-refractivity contribution >= 4 is 0 Å². The number of hydrogen-bond donors (Lipinski definition) is 0. The smallest absolute Gasteiger partial charge is 0.0300 e. The molecule has 0 saturated carbocycles. The number of hydrogen-bond acceptors (Lipinski definition) is 3. The molecule has 0 atom stereocenters. The van der Waals surface area contributed by atoms with Gasteiger partial charge < -0.3 is 0 Å². The molecule has 0 amide bonds. The summed E-state index contributed by atoms with van der Waals surface area (Å²) in [4.78, 5) is 10.7. The first-order valence-corrected chi connectivity index (χ1v) is 6.88. The summed E-state index contributed by atoms with van der Waals surface area (Å²) in [5, 5.41) is 0. The van der Waals surface area contributed by atoms with Gasteiger partial charge in [0, 0.05) is 37.9 Å². The monoisotopic (exact) mass is 255 g/mol. The largest absolute Gasteiger partial charge is 0.299 e. The lowest BCUT2D eigenvalue weighted by Crippen LogP contribution is -2.26. The second-order valence-corrected chi connectivity index (χ2v) is 4.74. The highest BCUT2D eigenvalue weighted by atomic mass is 15.1. The Morgan fingerprint density at radius 1 is 0.947 bits per heavy atom. The Morgan fingerprint density at radius 2 is 1.79 bits per heavy atom. The van der Waals surface area contributed by atoms with Crippen LogP contribution in [0.3, 0.4) is 0 Å². The zero-order chi connectivity index (χ0) is 13.3. The Labute approximate surface area is 115 Å². The van der Waals surface area contributed by atoms with Gasteiger partial charge in [-0.15, -0.1) is 0 Å². The molecule has 0 radical (unpaired) electrons. The third-order valence-electron chi connectivity index (χ3n) is 3.13. The fourth-order valence-electron chi connectivity index (χ4n) is 2.17. The molecule has 0 aliphatic rings. The summed E-state index contributed by atoms with van der Waals surface area (Å²) in [5.41, 5.74) is 2.63. The van der Waals surface area contributed by atoms with Crippen molar-refractivity contribution in [3.05, 3.63) is 60.2 Å². The molecule has 2 aromatic heterocycles. The Morgan fingerprint density at radius 3 is 2.47 bits per heavy atom. The third kappa shape index (κ3) is 4.79. The number of rotatable bonds is 7. The minimum absolute atomic E-state index is 0.997. The van der Waals surface area contributed by atoms with Gasteiger partial charge in [-0.1, -0.05) is 13.0 Å². The molecule has 19 heavy (non-hydrogen) atoms. The molecule has 100 valence electrons. The Hall–Kier alpha value is -1.74. The van der Waals surface area contributed by atoms with E-state index < -0.39 is 0 Å². The molecule has 2 rings (SSSR count). The average Bonchev–Trinajstić information content (AvgIpc) is 2.47. The predicted molar refractivity (Wildman–Crippen MR) is 77.7 cm³/mol. The van der Waals surface area contributed by atoms with Crippen LogP contribution < -0.4 is 0 Å². The highest BCUT2D eigenvalue weighted by Crippen LogP contribution is 2.06. The molecule has 3 nitrogen and oxygen atoms in total. The van der Waals surface area contributed by atoms with E-state index in [1.165, 1.54) is 17.5 Å². The highest BCUT2D eigenvalue weighted by molar-refractivity contribution is 5.11. The van der Waals surface area contributed by atoms with Crippen molar-refractivity contribution in [1.82, 2.24) is 14.9 Å². The number of aromatic nitrogens is 2. The summed E-state index contributed by atoms with van der Waals surface area (Å²) in [6.45, 7) is 5.42. The second kappa shape index (κ2) is 7.64. The zero-order valence-electron chi connectivity index (χ0n) is 11.5. The highest BCUT2D eigenvalue weighted by Gasteiger charge is 2.05. The van der Waals surface area contributed by atoms with E-state index in [1.807, 2.05) is 30.9 Å².